The van der Waals surface area contributed by atoms with E-state index in [-0.39, 0.29) is 6.61 Å². The predicted molar refractivity (Wildman–Crippen MR) is 109 cm³/mol. The van der Waals surface area contributed by atoms with Gasteiger partial charge in [0.2, 0.25) is 0 Å². The summed E-state index contributed by atoms with van der Waals surface area (Å²) in [4.78, 5) is 0. The second kappa shape index (κ2) is 12.3. The highest BCUT2D eigenvalue weighted by molar-refractivity contribution is 5.21. The van der Waals surface area contributed by atoms with Crippen LogP contribution in [0.1, 0.15) is 12.0 Å². The predicted octanol–water partition coefficient (Wildman–Crippen LogP) is 4.23. The maximum absolute atomic E-state index is 6.20. The van der Waals surface area contributed by atoms with Crippen molar-refractivity contribution >= 4 is 0 Å². The molecular formula is C23H30O5. The molecule has 2 rings (SSSR count). The third-order valence-electron chi connectivity index (χ3n) is 4.29. The van der Waals surface area contributed by atoms with Crippen LogP contribution in [-0.4, -0.2) is 45.9 Å². The molecule has 0 aliphatic carbocycles. The fourth-order valence-electron chi connectivity index (χ4n) is 2.70. The van der Waals surface area contributed by atoms with Crippen molar-refractivity contribution in [3.05, 3.63) is 78.9 Å². The summed E-state index contributed by atoms with van der Waals surface area (Å²) in [6.07, 6.45) is 1.92. The van der Waals surface area contributed by atoms with E-state index in [9.17, 15) is 0 Å². The van der Waals surface area contributed by atoms with Crippen molar-refractivity contribution in [3.8, 4) is 5.75 Å². The van der Waals surface area contributed by atoms with E-state index in [0.717, 1.165) is 11.3 Å². The Morgan fingerprint density at radius 1 is 0.929 bits per heavy atom. The number of ether oxygens (including phenoxy) is 5. The first-order valence-electron chi connectivity index (χ1n) is 9.31. The lowest BCUT2D eigenvalue weighted by Crippen LogP contribution is -2.45. The Labute approximate surface area is 167 Å². The van der Waals surface area contributed by atoms with Crippen molar-refractivity contribution in [3.63, 3.8) is 0 Å². The first kappa shape index (κ1) is 22.1. The molecule has 28 heavy (non-hydrogen) atoms. The summed E-state index contributed by atoms with van der Waals surface area (Å²) in [6.45, 7) is 5.30. The quantitative estimate of drug-likeness (QED) is 0.359. The van der Waals surface area contributed by atoms with Crippen LogP contribution in [0.2, 0.25) is 0 Å². The Morgan fingerprint density at radius 2 is 1.57 bits per heavy atom. The van der Waals surface area contributed by atoms with Crippen LogP contribution in [-0.2, 0) is 25.6 Å². The van der Waals surface area contributed by atoms with Crippen molar-refractivity contribution in [1.29, 1.82) is 0 Å². The smallest absolute Gasteiger partial charge is 0.180 e. The average Bonchev–Trinajstić information content (AvgIpc) is 2.75. The van der Waals surface area contributed by atoms with Crippen molar-refractivity contribution in [1.82, 2.24) is 0 Å². The van der Waals surface area contributed by atoms with Gasteiger partial charge in [-0.1, -0.05) is 54.6 Å². The van der Waals surface area contributed by atoms with E-state index in [1.54, 1.807) is 14.2 Å². The van der Waals surface area contributed by atoms with Gasteiger partial charge in [0.15, 0.2) is 6.29 Å². The van der Waals surface area contributed by atoms with Crippen LogP contribution in [0, 0.1) is 0 Å². The topological polar surface area (TPSA) is 46.2 Å². The molecule has 0 saturated heterocycles. The molecule has 0 aliphatic heterocycles. The third-order valence-corrected chi connectivity index (χ3v) is 4.29. The van der Waals surface area contributed by atoms with E-state index in [1.165, 1.54) is 0 Å². The maximum Gasteiger partial charge on any atom is 0.180 e. The fourth-order valence-corrected chi connectivity index (χ4v) is 2.70. The molecule has 1 unspecified atom stereocenters. The van der Waals surface area contributed by atoms with Crippen LogP contribution in [0.4, 0.5) is 0 Å². The summed E-state index contributed by atoms with van der Waals surface area (Å²) < 4.78 is 28.7. The summed E-state index contributed by atoms with van der Waals surface area (Å²) in [6, 6.07) is 19.7. The minimum atomic E-state index is -0.707. The SMILES string of the molecule is C=CCC(COCc1ccccc1)(COc1ccccc1)OCC(OC)OC. The summed E-state index contributed by atoms with van der Waals surface area (Å²) in [5.74, 6) is 0.776. The number of hydrogen-bond acceptors (Lipinski definition) is 5. The van der Waals surface area contributed by atoms with Crippen LogP contribution in [0.5, 0.6) is 5.75 Å². The molecule has 0 aliphatic rings. The number of hydrogen-bond donors (Lipinski definition) is 0. The van der Waals surface area contributed by atoms with Crippen molar-refractivity contribution in [2.24, 2.45) is 0 Å². The zero-order chi connectivity index (χ0) is 20.1. The van der Waals surface area contributed by atoms with Gasteiger partial charge in [-0.15, -0.1) is 6.58 Å². The Kier molecular flexibility index (Phi) is 9.72. The highest BCUT2D eigenvalue weighted by Crippen LogP contribution is 2.22. The Morgan fingerprint density at radius 3 is 2.18 bits per heavy atom. The lowest BCUT2D eigenvalue weighted by Gasteiger charge is -2.33. The van der Waals surface area contributed by atoms with E-state index >= 15 is 0 Å². The molecule has 0 radical (unpaired) electrons. The Hall–Kier alpha value is -2.18. The lowest BCUT2D eigenvalue weighted by atomic mass is 10.0. The van der Waals surface area contributed by atoms with Gasteiger partial charge in [-0.05, 0) is 24.1 Å². The molecule has 0 N–H and O–H groups in total. The van der Waals surface area contributed by atoms with Gasteiger partial charge in [0.1, 0.15) is 18.0 Å². The molecule has 2 aromatic carbocycles. The number of methoxy groups -OCH3 is 2. The van der Waals surface area contributed by atoms with E-state index in [1.807, 2.05) is 66.7 Å². The molecule has 152 valence electrons. The Bertz CT molecular complexity index is 657. The van der Waals surface area contributed by atoms with Gasteiger partial charge in [-0.3, -0.25) is 0 Å². The summed E-state index contributed by atoms with van der Waals surface area (Å²) in [5.41, 5.74) is 0.396. The monoisotopic (exact) mass is 386 g/mol. The first-order chi connectivity index (χ1) is 13.7. The molecule has 1 atom stereocenters. The van der Waals surface area contributed by atoms with Gasteiger partial charge in [-0.25, -0.2) is 0 Å². The molecule has 0 bridgehead atoms. The second-order valence-electron chi connectivity index (χ2n) is 6.47. The van der Waals surface area contributed by atoms with Gasteiger partial charge in [-0.2, -0.15) is 0 Å². The molecule has 5 heteroatoms. The maximum atomic E-state index is 6.20. The Balaban J connectivity index is 2.05. The first-order valence-corrected chi connectivity index (χ1v) is 9.31. The van der Waals surface area contributed by atoms with E-state index in [2.05, 4.69) is 6.58 Å². The molecule has 0 heterocycles. The molecule has 5 nitrogen and oxygen atoms in total. The zero-order valence-corrected chi connectivity index (χ0v) is 16.7. The molecule has 0 spiro atoms. The summed E-state index contributed by atoms with van der Waals surface area (Å²) >= 11 is 0. The largest absolute Gasteiger partial charge is 0.490 e. The standard InChI is InChI=1S/C23H30O5/c1-4-15-23(28-17-22(24-2)25-3,19-27-21-13-9-6-10-14-21)18-26-16-20-11-7-5-8-12-20/h4-14,22H,1,15-19H2,2-3H3. The van der Waals surface area contributed by atoms with Gasteiger partial charge >= 0.3 is 0 Å². The van der Waals surface area contributed by atoms with Crippen molar-refractivity contribution in [2.75, 3.05) is 34.0 Å². The second-order valence-corrected chi connectivity index (χ2v) is 6.47. The highest BCUT2D eigenvalue weighted by Gasteiger charge is 2.33. The normalized spacial score (nSPS) is 13.2. The molecule has 0 amide bonds. The molecule has 0 aromatic heterocycles. The summed E-state index contributed by atoms with van der Waals surface area (Å²) in [5, 5.41) is 0. The number of para-hydroxylation sites is 1. The van der Waals surface area contributed by atoms with Gasteiger partial charge in [0.05, 0.1) is 19.8 Å². The number of rotatable bonds is 14. The zero-order valence-electron chi connectivity index (χ0n) is 16.7. The van der Waals surface area contributed by atoms with Crippen molar-refractivity contribution in [2.45, 2.75) is 24.9 Å². The average molecular weight is 386 g/mol. The minimum Gasteiger partial charge on any atom is -0.490 e. The van der Waals surface area contributed by atoms with Crippen LogP contribution in [0.15, 0.2) is 73.3 Å². The van der Waals surface area contributed by atoms with E-state index in [4.69, 9.17) is 23.7 Å². The highest BCUT2D eigenvalue weighted by atomic mass is 16.7. The van der Waals surface area contributed by atoms with Crippen molar-refractivity contribution < 1.29 is 23.7 Å². The van der Waals surface area contributed by atoms with E-state index < -0.39 is 11.9 Å². The van der Waals surface area contributed by atoms with Gasteiger partial charge in [0, 0.05) is 14.2 Å². The van der Waals surface area contributed by atoms with Crippen LogP contribution >= 0.6 is 0 Å². The molecule has 0 saturated carbocycles. The lowest BCUT2D eigenvalue weighted by molar-refractivity contribution is -0.192. The van der Waals surface area contributed by atoms with Crippen LogP contribution in [0.25, 0.3) is 0 Å². The molecule has 2 aromatic rings. The fraction of sp³-hybridized carbons (Fsp3) is 0.391. The molecular weight excluding hydrogens is 356 g/mol. The van der Waals surface area contributed by atoms with Gasteiger partial charge < -0.3 is 23.7 Å². The minimum absolute atomic E-state index is 0.258. The molecule has 0 fully saturated rings. The van der Waals surface area contributed by atoms with Gasteiger partial charge in [0.25, 0.3) is 0 Å². The van der Waals surface area contributed by atoms with Crippen LogP contribution in [0.3, 0.4) is 0 Å². The summed E-state index contributed by atoms with van der Waals surface area (Å²) in [7, 11) is 3.16. The van der Waals surface area contributed by atoms with E-state index in [0.29, 0.717) is 26.2 Å². The van der Waals surface area contributed by atoms with Crippen LogP contribution < -0.4 is 4.74 Å². The number of benzene rings is 2. The third kappa shape index (κ3) is 7.44.